The third-order valence-electron chi connectivity index (χ3n) is 3.75. The topological polar surface area (TPSA) is 80.1 Å². The molecule has 0 saturated heterocycles. The second-order valence-corrected chi connectivity index (χ2v) is 6.63. The highest BCUT2D eigenvalue weighted by atomic mass is 32.2. The average molecular weight is 368 g/mol. The Kier molecular flexibility index (Phi) is 5.91. The molecule has 0 aliphatic carbocycles. The Morgan fingerprint density at radius 1 is 1.12 bits per heavy atom. The number of para-hydroxylation sites is 1. The lowest BCUT2D eigenvalue weighted by molar-refractivity contribution is -0.301. The van der Waals surface area contributed by atoms with Crippen molar-refractivity contribution in [2.75, 3.05) is 5.75 Å². The van der Waals surface area contributed by atoms with Crippen LogP contribution in [0.5, 0.6) is 5.75 Å². The number of carboxylic acids is 1. The maximum absolute atomic E-state index is 10.8. The number of ether oxygens (including phenoxy) is 1. The summed E-state index contributed by atoms with van der Waals surface area (Å²) in [6.07, 6.45) is 0. The normalized spacial score (nSPS) is 10.7. The molecule has 2 aromatic carbocycles. The molecule has 0 fully saturated rings. The van der Waals surface area contributed by atoms with Crippen LogP contribution in [0.2, 0.25) is 0 Å². The van der Waals surface area contributed by atoms with Crippen molar-refractivity contribution in [3.63, 3.8) is 0 Å². The van der Waals surface area contributed by atoms with E-state index in [1.807, 2.05) is 66.1 Å². The molecule has 0 amide bonds. The smallest absolute Gasteiger partial charge is 0.192 e. The summed E-state index contributed by atoms with van der Waals surface area (Å²) in [5, 5.41) is 19.6. The van der Waals surface area contributed by atoms with Crippen LogP contribution in [0.1, 0.15) is 17.0 Å². The molecule has 134 valence electrons. The van der Waals surface area contributed by atoms with Gasteiger partial charge < -0.3 is 14.6 Å². The van der Waals surface area contributed by atoms with E-state index in [9.17, 15) is 9.90 Å². The number of nitrogens with zero attached hydrogens (tertiary/aromatic N) is 3. The number of carbonyl (C=O) groups is 1. The van der Waals surface area contributed by atoms with Gasteiger partial charge in [-0.2, -0.15) is 0 Å². The molecule has 0 aliphatic rings. The second-order valence-electron chi connectivity index (χ2n) is 5.69. The Morgan fingerprint density at radius 2 is 1.85 bits per heavy atom. The third kappa shape index (κ3) is 4.64. The third-order valence-corrected chi connectivity index (χ3v) is 4.69. The number of hydrogen-bond acceptors (Lipinski definition) is 6. The van der Waals surface area contributed by atoms with Gasteiger partial charge in [-0.05, 0) is 24.1 Å². The predicted octanol–water partition coefficient (Wildman–Crippen LogP) is 2.06. The molecular formula is C19H18N3O3S-. The number of thioether (sulfide) groups is 1. The molecule has 6 nitrogen and oxygen atoms in total. The average Bonchev–Trinajstić information content (AvgIpc) is 3.02. The number of aliphatic carboxylic acids is 1. The van der Waals surface area contributed by atoms with E-state index < -0.39 is 5.97 Å². The highest BCUT2D eigenvalue weighted by molar-refractivity contribution is 7.99. The van der Waals surface area contributed by atoms with Gasteiger partial charge in [-0.1, -0.05) is 60.3 Å². The maximum Gasteiger partial charge on any atom is 0.192 e. The van der Waals surface area contributed by atoms with Gasteiger partial charge >= 0.3 is 0 Å². The highest BCUT2D eigenvalue weighted by Gasteiger charge is 2.14. The molecule has 0 unspecified atom stereocenters. The lowest BCUT2D eigenvalue weighted by atomic mass is 10.2. The van der Waals surface area contributed by atoms with Gasteiger partial charge in [0.2, 0.25) is 0 Å². The molecule has 26 heavy (non-hydrogen) atoms. The number of benzene rings is 2. The van der Waals surface area contributed by atoms with Gasteiger partial charge in [0.15, 0.2) is 11.0 Å². The number of carboxylic acid groups (broad SMARTS) is 1. The van der Waals surface area contributed by atoms with Crippen molar-refractivity contribution >= 4 is 17.7 Å². The second kappa shape index (κ2) is 8.53. The summed E-state index contributed by atoms with van der Waals surface area (Å²) in [6.45, 7) is 2.76. The first-order valence-corrected chi connectivity index (χ1v) is 9.09. The summed E-state index contributed by atoms with van der Waals surface area (Å²) >= 11 is 1.09. The van der Waals surface area contributed by atoms with E-state index >= 15 is 0 Å². The van der Waals surface area contributed by atoms with Crippen LogP contribution in [-0.4, -0.2) is 26.5 Å². The standard InChI is InChI=1S/C19H19N3O3S/c1-14-7-5-6-10-16(14)25-12-17-20-21-19(26-13-18(23)24)22(17)11-15-8-3-2-4-9-15/h2-10H,11-13H2,1H3,(H,23,24)/p-1. The summed E-state index contributed by atoms with van der Waals surface area (Å²) in [7, 11) is 0. The van der Waals surface area contributed by atoms with Gasteiger partial charge in [0, 0.05) is 5.75 Å². The van der Waals surface area contributed by atoms with Crippen molar-refractivity contribution in [3.05, 3.63) is 71.5 Å². The van der Waals surface area contributed by atoms with Crippen molar-refractivity contribution < 1.29 is 14.6 Å². The first-order chi connectivity index (χ1) is 12.6. The fourth-order valence-corrected chi connectivity index (χ4v) is 3.11. The van der Waals surface area contributed by atoms with Crippen LogP contribution in [0.4, 0.5) is 0 Å². The molecule has 0 bridgehead atoms. The molecule has 0 saturated carbocycles. The van der Waals surface area contributed by atoms with E-state index in [1.54, 1.807) is 0 Å². The minimum Gasteiger partial charge on any atom is -0.549 e. The number of aromatic nitrogens is 3. The zero-order valence-corrected chi connectivity index (χ0v) is 15.1. The first-order valence-electron chi connectivity index (χ1n) is 8.10. The van der Waals surface area contributed by atoms with Gasteiger partial charge in [0.1, 0.15) is 12.4 Å². The van der Waals surface area contributed by atoms with Crippen molar-refractivity contribution in [1.82, 2.24) is 14.8 Å². The van der Waals surface area contributed by atoms with E-state index in [-0.39, 0.29) is 12.4 Å². The molecule has 7 heteroatoms. The van der Waals surface area contributed by atoms with Crippen LogP contribution >= 0.6 is 11.8 Å². The van der Waals surface area contributed by atoms with Gasteiger partial charge in [-0.15, -0.1) is 10.2 Å². The summed E-state index contributed by atoms with van der Waals surface area (Å²) in [4.78, 5) is 10.8. The van der Waals surface area contributed by atoms with Crippen molar-refractivity contribution in [1.29, 1.82) is 0 Å². The molecule has 0 atom stereocenters. The minimum absolute atomic E-state index is 0.175. The fourth-order valence-electron chi connectivity index (χ4n) is 2.44. The minimum atomic E-state index is -1.14. The lowest BCUT2D eigenvalue weighted by Gasteiger charge is -2.12. The Labute approximate surface area is 155 Å². The summed E-state index contributed by atoms with van der Waals surface area (Å²) < 4.78 is 7.76. The number of aryl methyl sites for hydroxylation is 1. The fraction of sp³-hybridized carbons (Fsp3) is 0.211. The largest absolute Gasteiger partial charge is 0.549 e. The van der Waals surface area contributed by atoms with Crippen LogP contribution in [-0.2, 0) is 17.9 Å². The summed E-state index contributed by atoms with van der Waals surface area (Å²) in [6, 6.07) is 17.6. The van der Waals surface area contributed by atoms with E-state index in [0.29, 0.717) is 17.5 Å². The number of carbonyl (C=O) groups excluding carboxylic acids is 1. The molecule has 1 heterocycles. The van der Waals surface area contributed by atoms with Gasteiger partial charge in [-0.25, -0.2) is 0 Å². The van der Waals surface area contributed by atoms with Crippen LogP contribution in [0.25, 0.3) is 0 Å². The van der Waals surface area contributed by atoms with E-state index in [4.69, 9.17) is 4.74 Å². The van der Waals surface area contributed by atoms with Gasteiger partial charge in [0.05, 0.1) is 12.5 Å². The van der Waals surface area contributed by atoms with Crippen LogP contribution in [0, 0.1) is 6.92 Å². The Hall–Kier alpha value is -2.80. The highest BCUT2D eigenvalue weighted by Crippen LogP contribution is 2.21. The first kappa shape index (κ1) is 18.0. The SMILES string of the molecule is Cc1ccccc1OCc1nnc(SCC(=O)[O-])n1Cc1ccccc1. The Bertz CT molecular complexity index is 881. The van der Waals surface area contributed by atoms with Crippen molar-refractivity contribution in [2.24, 2.45) is 0 Å². The zero-order chi connectivity index (χ0) is 18.4. The van der Waals surface area contributed by atoms with E-state index in [2.05, 4.69) is 10.2 Å². The lowest BCUT2D eigenvalue weighted by Crippen LogP contribution is -2.24. The number of rotatable bonds is 8. The number of hydrogen-bond donors (Lipinski definition) is 0. The summed E-state index contributed by atoms with van der Waals surface area (Å²) in [5.74, 6) is 0.108. The molecule has 0 spiro atoms. The van der Waals surface area contributed by atoms with Crippen LogP contribution in [0.3, 0.4) is 0 Å². The molecule has 3 rings (SSSR count). The summed E-state index contributed by atoms with van der Waals surface area (Å²) in [5.41, 5.74) is 2.10. The van der Waals surface area contributed by atoms with Gasteiger partial charge in [-0.3, -0.25) is 4.57 Å². The molecule has 0 radical (unpaired) electrons. The maximum atomic E-state index is 10.8. The van der Waals surface area contributed by atoms with Crippen LogP contribution in [0.15, 0.2) is 59.8 Å². The Balaban J connectivity index is 1.81. The molecule has 1 aromatic heterocycles. The predicted molar refractivity (Wildman–Crippen MR) is 96.8 cm³/mol. The molecule has 0 aliphatic heterocycles. The van der Waals surface area contributed by atoms with Gasteiger partial charge in [0.25, 0.3) is 0 Å². The Morgan fingerprint density at radius 3 is 2.58 bits per heavy atom. The monoisotopic (exact) mass is 368 g/mol. The molecule has 3 aromatic rings. The van der Waals surface area contributed by atoms with E-state index in [1.165, 1.54) is 0 Å². The van der Waals surface area contributed by atoms with Crippen LogP contribution < -0.4 is 9.84 Å². The van der Waals surface area contributed by atoms with Crippen molar-refractivity contribution in [3.8, 4) is 5.75 Å². The van der Waals surface area contributed by atoms with E-state index in [0.717, 1.165) is 28.6 Å². The molecular weight excluding hydrogens is 350 g/mol. The zero-order valence-electron chi connectivity index (χ0n) is 14.3. The quantitative estimate of drug-likeness (QED) is 0.566. The molecule has 0 N–H and O–H groups in total. The van der Waals surface area contributed by atoms with Crippen molar-refractivity contribution in [2.45, 2.75) is 25.2 Å².